The first-order valence-corrected chi connectivity index (χ1v) is 6.13. The SMILES string of the molecule is CCCC#C/C(=C\CCC)c1ccccc1. The highest BCUT2D eigenvalue weighted by Crippen LogP contribution is 2.14. The summed E-state index contributed by atoms with van der Waals surface area (Å²) in [5, 5.41) is 0. The number of rotatable bonds is 4. The molecular formula is C16H20. The van der Waals surface area contributed by atoms with Crippen LogP contribution >= 0.6 is 0 Å². The Bertz CT molecular complexity index is 373. The normalized spacial score (nSPS) is 10.8. The van der Waals surface area contributed by atoms with Gasteiger partial charge in [-0.1, -0.05) is 68.5 Å². The molecule has 0 aliphatic rings. The summed E-state index contributed by atoms with van der Waals surface area (Å²) in [5.41, 5.74) is 2.41. The zero-order chi connectivity index (χ0) is 11.6. The van der Waals surface area contributed by atoms with E-state index in [-0.39, 0.29) is 0 Å². The molecule has 0 N–H and O–H groups in total. The van der Waals surface area contributed by atoms with Crippen LogP contribution in [0.3, 0.4) is 0 Å². The maximum atomic E-state index is 3.28. The van der Waals surface area contributed by atoms with E-state index >= 15 is 0 Å². The van der Waals surface area contributed by atoms with Gasteiger partial charge < -0.3 is 0 Å². The van der Waals surface area contributed by atoms with E-state index in [1.807, 2.05) is 6.07 Å². The molecule has 0 heterocycles. The molecule has 0 spiro atoms. The third kappa shape index (κ3) is 4.36. The zero-order valence-corrected chi connectivity index (χ0v) is 10.3. The van der Waals surface area contributed by atoms with Crippen LogP contribution < -0.4 is 0 Å². The minimum Gasteiger partial charge on any atom is -0.0979 e. The van der Waals surface area contributed by atoms with Crippen LogP contribution in [0.2, 0.25) is 0 Å². The average Bonchev–Trinajstić information content (AvgIpc) is 2.35. The molecule has 1 aromatic carbocycles. The monoisotopic (exact) mass is 212 g/mol. The summed E-state index contributed by atoms with van der Waals surface area (Å²) in [6.45, 7) is 4.35. The van der Waals surface area contributed by atoms with E-state index in [1.165, 1.54) is 17.6 Å². The van der Waals surface area contributed by atoms with Crippen molar-refractivity contribution in [3.63, 3.8) is 0 Å². The quantitative estimate of drug-likeness (QED) is 0.636. The highest BCUT2D eigenvalue weighted by molar-refractivity contribution is 5.78. The van der Waals surface area contributed by atoms with Crippen molar-refractivity contribution < 1.29 is 0 Å². The van der Waals surface area contributed by atoms with Crippen LogP contribution in [0.5, 0.6) is 0 Å². The molecular weight excluding hydrogens is 192 g/mol. The molecule has 0 aliphatic carbocycles. The Kier molecular flexibility index (Phi) is 6.11. The second-order valence-corrected chi connectivity index (χ2v) is 3.82. The van der Waals surface area contributed by atoms with Crippen LogP contribution in [0.25, 0.3) is 5.57 Å². The van der Waals surface area contributed by atoms with Gasteiger partial charge in [0.05, 0.1) is 0 Å². The van der Waals surface area contributed by atoms with Crippen LogP contribution in [-0.2, 0) is 0 Å². The van der Waals surface area contributed by atoms with Crippen molar-refractivity contribution >= 4 is 5.57 Å². The third-order valence-electron chi connectivity index (χ3n) is 2.32. The topological polar surface area (TPSA) is 0 Å². The Hall–Kier alpha value is -1.48. The zero-order valence-electron chi connectivity index (χ0n) is 10.3. The van der Waals surface area contributed by atoms with Gasteiger partial charge in [0, 0.05) is 12.0 Å². The van der Waals surface area contributed by atoms with Gasteiger partial charge >= 0.3 is 0 Å². The molecule has 0 aliphatic heterocycles. The van der Waals surface area contributed by atoms with Crippen molar-refractivity contribution in [2.75, 3.05) is 0 Å². The first-order chi connectivity index (χ1) is 7.88. The molecule has 0 nitrogen and oxygen atoms in total. The molecule has 84 valence electrons. The molecule has 0 atom stereocenters. The fourth-order valence-corrected chi connectivity index (χ4v) is 1.43. The van der Waals surface area contributed by atoms with Gasteiger partial charge in [-0.2, -0.15) is 0 Å². The van der Waals surface area contributed by atoms with Gasteiger partial charge in [0.25, 0.3) is 0 Å². The van der Waals surface area contributed by atoms with Crippen LogP contribution in [0.4, 0.5) is 0 Å². The van der Waals surface area contributed by atoms with Crippen LogP contribution in [-0.4, -0.2) is 0 Å². The summed E-state index contributed by atoms with van der Waals surface area (Å²) in [7, 11) is 0. The Labute approximate surface area is 99.4 Å². The maximum Gasteiger partial charge on any atom is 0.0277 e. The van der Waals surface area contributed by atoms with Crippen molar-refractivity contribution in [3.8, 4) is 11.8 Å². The first-order valence-electron chi connectivity index (χ1n) is 6.13. The Balaban J connectivity index is 2.85. The fraction of sp³-hybridized carbons (Fsp3) is 0.375. The van der Waals surface area contributed by atoms with Gasteiger partial charge in [-0.15, -0.1) is 0 Å². The molecule has 0 amide bonds. The van der Waals surface area contributed by atoms with Crippen LogP contribution in [0, 0.1) is 11.8 Å². The van der Waals surface area contributed by atoms with Crippen molar-refractivity contribution in [2.24, 2.45) is 0 Å². The highest BCUT2D eigenvalue weighted by Gasteiger charge is 1.95. The van der Waals surface area contributed by atoms with Gasteiger partial charge in [-0.3, -0.25) is 0 Å². The summed E-state index contributed by atoms with van der Waals surface area (Å²) >= 11 is 0. The maximum absolute atomic E-state index is 3.28. The molecule has 0 heteroatoms. The summed E-state index contributed by atoms with van der Waals surface area (Å²) in [5.74, 6) is 6.51. The standard InChI is InChI=1S/C16H20/c1-3-5-8-12-15(11-6-4-2)16-13-9-7-10-14-16/h7,9-11,13-14H,3-6H2,1-2H3/b15-11+. The second kappa shape index (κ2) is 7.77. The van der Waals surface area contributed by atoms with E-state index in [1.54, 1.807) is 0 Å². The summed E-state index contributed by atoms with van der Waals surface area (Å²) in [6.07, 6.45) is 6.63. The van der Waals surface area contributed by atoms with Crippen LogP contribution in [0.1, 0.15) is 45.1 Å². The Morgan fingerprint density at radius 2 is 1.88 bits per heavy atom. The molecule has 0 fully saturated rings. The molecule has 1 rings (SSSR count). The lowest BCUT2D eigenvalue weighted by atomic mass is 10.0. The van der Waals surface area contributed by atoms with E-state index in [0.717, 1.165) is 19.3 Å². The average molecular weight is 212 g/mol. The van der Waals surface area contributed by atoms with E-state index in [9.17, 15) is 0 Å². The number of hydrogen-bond acceptors (Lipinski definition) is 0. The second-order valence-electron chi connectivity index (χ2n) is 3.82. The van der Waals surface area contributed by atoms with Crippen molar-refractivity contribution in [1.82, 2.24) is 0 Å². The van der Waals surface area contributed by atoms with E-state index in [2.05, 4.69) is 56.0 Å². The molecule has 0 unspecified atom stereocenters. The largest absolute Gasteiger partial charge is 0.0979 e. The Morgan fingerprint density at radius 3 is 2.50 bits per heavy atom. The minimum absolute atomic E-state index is 0.982. The predicted octanol–water partition coefficient (Wildman–Crippen LogP) is 4.67. The highest BCUT2D eigenvalue weighted by atomic mass is 14.0. The van der Waals surface area contributed by atoms with E-state index in [4.69, 9.17) is 0 Å². The van der Waals surface area contributed by atoms with Crippen molar-refractivity contribution in [2.45, 2.75) is 39.5 Å². The van der Waals surface area contributed by atoms with Crippen molar-refractivity contribution in [3.05, 3.63) is 42.0 Å². The predicted molar refractivity (Wildman–Crippen MR) is 72.0 cm³/mol. The lowest BCUT2D eigenvalue weighted by Gasteiger charge is -1.99. The molecule has 16 heavy (non-hydrogen) atoms. The fourth-order valence-electron chi connectivity index (χ4n) is 1.43. The minimum atomic E-state index is 0.982. The summed E-state index contributed by atoms with van der Waals surface area (Å²) < 4.78 is 0. The van der Waals surface area contributed by atoms with Gasteiger partial charge in [0.15, 0.2) is 0 Å². The molecule has 1 aromatic rings. The third-order valence-corrected chi connectivity index (χ3v) is 2.32. The summed E-state index contributed by atoms with van der Waals surface area (Å²) in [4.78, 5) is 0. The van der Waals surface area contributed by atoms with Crippen molar-refractivity contribution in [1.29, 1.82) is 0 Å². The molecule has 0 aromatic heterocycles. The number of hydrogen-bond donors (Lipinski definition) is 0. The molecule has 0 radical (unpaired) electrons. The first kappa shape index (κ1) is 12.6. The smallest absolute Gasteiger partial charge is 0.0277 e. The Morgan fingerprint density at radius 1 is 1.12 bits per heavy atom. The van der Waals surface area contributed by atoms with Gasteiger partial charge in [-0.05, 0) is 18.4 Å². The van der Waals surface area contributed by atoms with E-state index in [0.29, 0.717) is 0 Å². The van der Waals surface area contributed by atoms with Gasteiger partial charge in [0.2, 0.25) is 0 Å². The lowest BCUT2D eigenvalue weighted by Crippen LogP contribution is -1.81. The number of allylic oxidation sites excluding steroid dienone is 2. The van der Waals surface area contributed by atoms with Crippen LogP contribution in [0.15, 0.2) is 36.4 Å². The van der Waals surface area contributed by atoms with Gasteiger partial charge in [-0.25, -0.2) is 0 Å². The molecule has 0 saturated heterocycles. The number of benzene rings is 1. The molecule has 0 saturated carbocycles. The summed E-state index contributed by atoms with van der Waals surface area (Å²) in [6, 6.07) is 10.4. The lowest BCUT2D eigenvalue weighted by molar-refractivity contribution is 0.960. The van der Waals surface area contributed by atoms with E-state index < -0.39 is 0 Å². The molecule has 0 bridgehead atoms. The number of unbranched alkanes of at least 4 members (excludes halogenated alkanes) is 2. The van der Waals surface area contributed by atoms with Gasteiger partial charge in [0.1, 0.15) is 0 Å².